The van der Waals surface area contributed by atoms with Gasteiger partial charge in [0.2, 0.25) is 0 Å². The lowest BCUT2D eigenvalue weighted by Crippen LogP contribution is -2.20. The minimum Gasteiger partial charge on any atom is -0.376 e. The van der Waals surface area contributed by atoms with Crippen molar-refractivity contribution in [3.8, 4) is 0 Å². The van der Waals surface area contributed by atoms with Crippen molar-refractivity contribution < 1.29 is 4.79 Å². The van der Waals surface area contributed by atoms with Crippen molar-refractivity contribution in [3.05, 3.63) is 23.5 Å². The zero-order valence-corrected chi connectivity index (χ0v) is 8.03. The third-order valence-corrected chi connectivity index (χ3v) is 1.73. The zero-order valence-electron chi connectivity index (χ0n) is 8.03. The number of rotatable bonds is 2. The van der Waals surface area contributed by atoms with Crippen LogP contribution in [0.3, 0.4) is 0 Å². The van der Waals surface area contributed by atoms with Crippen LogP contribution in [0, 0.1) is 6.92 Å². The van der Waals surface area contributed by atoms with E-state index in [0.717, 1.165) is 11.4 Å². The SMILES string of the molecule is Cc1ccc(N(C)C)c(C(N)=O)n1. The Hall–Kier alpha value is -1.58. The quantitative estimate of drug-likeness (QED) is 0.721. The molecule has 0 aromatic carbocycles. The Morgan fingerprint density at radius 2 is 2.08 bits per heavy atom. The molecule has 0 aliphatic heterocycles. The van der Waals surface area contributed by atoms with E-state index in [9.17, 15) is 4.79 Å². The fourth-order valence-electron chi connectivity index (χ4n) is 1.09. The van der Waals surface area contributed by atoms with Gasteiger partial charge in [-0.3, -0.25) is 4.79 Å². The molecule has 2 N–H and O–H groups in total. The Balaban J connectivity index is 3.27. The number of primary amides is 1. The first-order chi connectivity index (χ1) is 6.02. The van der Waals surface area contributed by atoms with Crippen molar-refractivity contribution >= 4 is 11.6 Å². The molecule has 13 heavy (non-hydrogen) atoms. The fraction of sp³-hybridized carbons (Fsp3) is 0.333. The Labute approximate surface area is 77.4 Å². The van der Waals surface area contributed by atoms with Crippen molar-refractivity contribution in [2.45, 2.75) is 6.92 Å². The summed E-state index contributed by atoms with van der Waals surface area (Å²) in [5, 5.41) is 0. The molecule has 0 saturated heterocycles. The van der Waals surface area contributed by atoms with Crippen molar-refractivity contribution in [1.82, 2.24) is 4.98 Å². The van der Waals surface area contributed by atoms with Gasteiger partial charge in [0.1, 0.15) is 0 Å². The van der Waals surface area contributed by atoms with E-state index in [1.807, 2.05) is 38.1 Å². The van der Waals surface area contributed by atoms with Crippen molar-refractivity contribution in [1.29, 1.82) is 0 Å². The maximum Gasteiger partial charge on any atom is 0.269 e. The normalized spacial score (nSPS) is 9.77. The first-order valence-electron chi connectivity index (χ1n) is 3.97. The second-order valence-electron chi connectivity index (χ2n) is 3.08. The van der Waals surface area contributed by atoms with Gasteiger partial charge in [0.15, 0.2) is 5.69 Å². The molecule has 0 fully saturated rings. The Morgan fingerprint density at radius 1 is 1.46 bits per heavy atom. The van der Waals surface area contributed by atoms with E-state index in [4.69, 9.17) is 5.73 Å². The van der Waals surface area contributed by atoms with E-state index in [2.05, 4.69) is 4.98 Å². The summed E-state index contributed by atoms with van der Waals surface area (Å²) in [6.45, 7) is 1.83. The summed E-state index contributed by atoms with van der Waals surface area (Å²) in [5.74, 6) is -0.493. The molecule has 1 aromatic rings. The number of carbonyl (C=O) groups excluding carboxylic acids is 1. The van der Waals surface area contributed by atoms with E-state index in [1.54, 1.807) is 0 Å². The van der Waals surface area contributed by atoms with Crippen LogP contribution in [-0.4, -0.2) is 25.0 Å². The monoisotopic (exact) mass is 179 g/mol. The van der Waals surface area contributed by atoms with Crippen LogP contribution in [0.15, 0.2) is 12.1 Å². The van der Waals surface area contributed by atoms with Crippen LogP contribution in [-0.2, 0) is 0 Å². The summed E-state index contributed by atoms with van der Waals surface area (Å²) < 4.78 is 0. The van der Waals surface area contributed by atoms with Gasteiger partial charge in [-0.1, -0.05) is 0 Å². The van der Waals surface area contributed by atoms with E-state index in [0.29, 0.717) is 5.69 Å². The number of hydrogen-bond acceptors (Lipinski definition) is 3. The van der Waals surface area contributed by atoms with Crippen molar-refractivity contribution in [3.63, 3.8) is 0 Å². The lowest BCUT2D eigenvalue weighted by atomic mass is 10.2. The van der Waals surface area contributed by atoms with Crippen LogP contribution >= 0.6 is 0 Å². The molecule has 70 valence electrons. The summed E-state index contributed by atoms with van der Waals surface area (Å²) in [5.41, 5.74) is 7.06. The third kappa shape index (κ3) is 1.96. The number of aromatic nitrogens is 1. The number of anilines is 1. The molecule has 0 bridgehead atoms. The van der Waals surface area contributed by atoms with Gasteiger partial charge in [0.25, 0.3) is 5.91 Å². The number of aryl methyl sites for hydroxylation is 1. The second kappa shape index (κ2) is 3.43. The highest BCUT2D eigenvalue weighted by molar-refractivity contribution is 5.96. The molecule has 4 nitrogen and oxygen atoms in total. The standard InChI is InChI=1S/C9H13N3O/c1-6-4-5-7(12(2)3)8(11-6)9(10)13/h4-5H,1-3H3,(H2,10,13). The molecular formula is C9H13N3O. The van der Waals surface area contributed by atoms with Gasteiger partial charge < -0.3 is 10.6 Å². The molecule has 4 heteroatoms. The number of hydrogen-bond donors (Lipinski definition) is 1. The Kier molecular flexibility index (Phi) is 2.51. The number of pyridine rings is 1. The number of nitrogens with two attached hydrogens (primary N) is 1. The van der Waals surface area contributed by atoms with Crippen LogP contribution in [0.1, 0.15) is 16.2 Å². The first kappa shape index (κ1) is 9.51. The molecule has 0 spiro atoms. The maximum atomic E-state index is 11.0. The summed E-state index contributed by atoms with van der Waals surface area (Å²) in [6.07, 6.45) is 0. The van der Waals surface area contributed by atoms with Gasteiger partial charge in [-0.15, -0.1) is 0 Å². The van der Waals surface area contributed by atoms with E-state index >= 15 is 0 Å². The molecule has 1 amide bonds. The van der Waals surface area contributed by atoms with Gasteiger partial charge in [-0.2, -0.15) is 0 Å². The van der Waals surface area contributed by atoms with Crippen LogP contribution < -0.4 is 10.6 Å². The van der Waals surface area contributed by atoms with E-state index < -0.39 is 5.91 Å². The van der Waals surface area contributed by atoms with Crippen LogP contribution in [0.2, 0.25) is 0 Å². The second-order valence-corrected chi connectivity index (χ2v) is 3.08. The Bertz CT molecular complexity index is 334. The molecule has 1 aromatic heterocycles. The van der Waals surface area contributed by atoms with Gasteiger partial charge in [-0.05, 0) is 19.1 Å². The topological polar surface area (TPSA) is 59.2 Å². The molecule has 0 aliphatic rings. The smallest absolute Gasteiger partial charge is 0.269 e. The highest BCUT2D eigenvalue weighted by Gasteiger charge is 2.10. The average molecular weight is 179 g/mol. The highest BCUT2D eigenvalue weighted by Crippen LogP contribution is 2.15. The lowest BCUT2D eigenvalue weighted by molar-refractivity contribution is 0.0996. The molecule has 0 aliphatic carbocycles. The predicted molar refractivity (Wildman–Crippen MR) is 51.8 cm³/mol. The number of carbonyl (C=O) groups is 1. The molecule has 0 unspecified atom stereocenters. The fourth-order valence-corrected chi connectivity index (χ4v) is 1.09. The molecule has 1 heterocycles. The summed E-state index contributed by atoms with van der Waals surface area (Å²) in [4.78, 5) is 16.9. The predicted octanol–water partition coefficient (Wildman–Crippen LogP) is 0.555. The Morgan fingerprint density at radius 3 is 2.54 bits per heavy atom. The molecular weight excluding hydrogens is 166 g/mol. The third-order valence-electron chi connectivity index (χ3n) is 1.73. The van der Waals surface area contributed by atoms with Gasteiger partial charge in [0, 0.05) is 19.8 Å². The summed E-state index contributed by atoms with van der Waals surface area (Å²) in [6, 6.07) is 3.68. The summed E-state index contributed by atoms with van der Waals surface area (Å²) >= 11 is 0. The van der Waals surface area contributed by atoms with E-state index in [-0.39, 0.29) is 0 Å². The van der Waals surface area contributed by atoms with Crippen LogP contribution in [0.25, 0.3) is 0 Å². The van der Waals surface area contributed by atoms with Gasteiger partial charge in [0.05, 0.1) is 5.69 Å². The first-order valence-corrected chi connectivity index (χ1v) is 3.97. The minimum atomic E-state index is -0.493. The van der Waals surface area contributed by atoms with E-state index in [1.165, 1.54) is 0 Å². The van der Waals surface area contributed by atoms with Crippen molar-refractivity contribution in [2.24, 2.45) is 5.73 Å². The molecule has 1 rings (SSSR count). The van der Waals surface area contributed by atoms with Crippen LogP contribution in [0.5, 0.6) is 0 Å². The van der Waals surface area contributed by atoms with Gasteiger partial charge >= 0.3 is 0 Å². The van der Waals surface area contributed by atoms with Crippen LogP contribution in [0.4, 0.5) is 5.69 Å². The maximum absolute atomic E-state index is 11.0. The zero-order chi connectivity index (χ0) is 10.0. The largest absolute Gasteiger partial charge is 0.376 e. The highest BCUT2D eigenvalue weighted by atomic mass is 16.1. The number of nitrogens with zero attached hydrogens (tertiary/aromatic N) is 2. The van der Waals surface area contributed by atoms with Crippen molar-refractivity contribution in [2.75, 3.05) is 19.0 Å². The number of amides is 1. The lowest BCUT2D eigenvalue weighted by Gasteiger charge is -2.14. The summed E-state index contributed by atoms with van der Waals surface area (Å²) in [7, 11) is 3.69. The van der Waals surface area contributed by atoms with Gasteiger partial charge in [-0.25, -0.2) is 4.98 Å². The molecule has 0 saturated carbocycles. The molecule has 0 atom stereocenters. The molecule has 0 radical (unpaired) electrons. The minimum absolute atomic E-state index is 0.324. The average Bonchev–Trinajstić information content (AvgIpc) is 2.03.